The monoisotopic (exact) mass is 526 g/mol. The van der Waals surface area contributed by atoms with Crippen LogP contribution in [0.5, 0.6) is 0 Å². The highest BCUT2D eigenvalue weighted by Crippen LogP contribution is 2.32. The van der Waals surface area contributed by atoms with E-state index in [1.165, 1.54) is 6.07 Å². The fourth-order valence-corrected chi connectivity index (χ4v) is 4.19. The van der Waals surface area contributed by atoms with Gasteiger partial charge in [0.15, 0.2) is 0 Å². The number of imide groups is 2. The Balaban J connectivity index is 1.30. The van der Waals surface area contributed by atoms with Crippen LogP contribution in [0.2, 0.25) is 0 Å². The van der Waals surface area contributed by atoms with E-state index in [4.69, 9.17) is 9.47 Å². The number of rotatable bonds is 10. The maximum Gasteiger partial charge on any atom is 0.308 e. The van der Waals surface area contributed by atoms with E-state index >= 15 is 0 Å². The van der Waals surface area contributed by atoms with Gasteiger partial charge in [-0.25, -0.2) is 4.68 Å². The summed E-state index contributed by atoms with van der Waals surface area (Å²) in [7, 11) is 0. The molecule has 4 amide bonds. The lowest BCUT2D eigenvalue weighted by molar-refractivity contribution is -0.156. The summed E-state index contributed by atoms with van der Waals surface area (Å²) in [5.41, 5.74) is 0.855. The van der Waals surface area contributed by atoms with Crippen LogP contribution in [0.3, 0.4) is 0 Å². The number of esters is 1. The summed E-state index contributed by atoms with van der Waals surface area (Å²) in [6, 6.07) is 3.82. The van der Waals surface area contributed by atoms with Crippen LogP contribution in [0.1, 0.15) is 66.4 Å². The number of aromatic nitrogens is 3. The van der Waals surface area contributed by atoms with Crippen molar-refractivity contribution in [3.05, 3.63) is 41.2 Å². The van der Waals surface area contributed by atoms with Crippen molar-refractivity contribution in [2.24, 2.45) is 0 Å². The lowest BCUT2D eigenvalue weighted by Crippen LogP contribution is -2.54. The largest absolute Gasteiger partial charge is 0.460 e. The van der Waals surface area contributed by atoms with Crippen molar-refractivity contribution in [3.8, 4) is 0 Å². The van der Waals surface area contributed by atoms with Gasteiger partial charge in [-0.05, 0) is 39.3 Å². The zero-order valence-corrected chi connectivity index (χ0v) is 21.5. The molecule has 1 atom stereocenters. The number of carbonyl (C=O) groups excluding carboxylic acids is 5. The number of amides is 4. The van der Waals surface area contributed by atoms with Gasteiger partial charge in [0.1, 0.15) is 17.3 Å². The Morgan fingerprint density at radius 1 is 1.16 bits per heavy atom. The SMILES string of the molecule is CC(C)(C)OC(=O)CCOCCn1cc(CNc2cccc3c2C(=O)N(C2CCC(=O)NC2=O)C3=O)nn1. The minimum atomic E-state index is -1.03. The van der Waals surface area contributed by atoms with E-state index < -0.39 is 35.3 Å². The van der Waals surface area contributed by atoms with E-state index in [2.05, 4.69) is 20.9 Å². The number of benzene rings is 1. The predicted molar refractivity (Wildman–Crippen MR) is 132 cm³/mol. The lowest BCUT2D eigenvalue weighted by atomic mass is 10.0. The molecule has 2 N–H and O–H groups in total. The summed E-state index contributed by atoms with van der Waals surface area (Å²) in [6.07, 6.45) is 2.02. The van der Waals surface area contributed by atoms with Crippen molar-refractivity contribution in [1.29, 1.82) is 0 Å². The zero-order chi connectivity index (χ0) is 27.4. The van der Waals surface area contributed by atoms with E-state index in [-0.39, 0.29) is 49.5 Å². The van der Waals surface area contributed by atoms with Crippen molar-refractivity contribution in [3.63, 3.8) is 0 Å². The van der Waals surface area contributed by atoms with Crippen LogP contribution < -0.4 is 10.6 Å². The summed E-state index contributed by atoms with van der Waals surface area (Å²) >= 11 is 0. The molecule has 2 aromatic rings. The molecular weight excluding hydrogens is 496 g/mol. The molecule has 4 rings (SSSR count). The molecule has 0 aliphatic carbocycles. The van der Waals surface area contributed by atoms with Crippen LogP contribution in [0, 0.1) is 0 Å². The second-order valence-electron chi connectivity index (χ2n) is 9.95. The molecule has 202 valence electrons. The highest BCUT2D eigenvalue weighted by molar-refractivity contribution is 6.25. The van der Waals surface area contributed by atoms with Crippen molar-refractivity contribution in [2.75, 3.05) is 18.5 Å². The Labute approximate surface area is 218 Å². The Morgan fingerprint density at radius 3 is 2.68 bits per heavy atom. The fourth-order valence-electron chi connectivity index (χ4n) is 4.19. The number of nitrogens with one attached hydrogen (secondary N) is 2. The van der Waals surface area contributed by atoms with Gasteiger partial charge in [-0.15, -0.1) is 5.10 Å². The molecule has 1 aromatic carbocycles. The molecule has 2 aliphatic rings. The minimum absolute atomic E-state index is 0.0549. The van der Waals surface area contributed by atoms with E-state index in [0.29, 0.717) is 24.5 Å². The van der Waals surface area contributed by atoms with Crippen LogP contribution in [-0.4, -0.2) is 74.3 Å². The van der Waals surface area contributed by atoms with Gasteiger partial charge in [-0.2, -0.15) is 0 Å². The van der Waals surface area contributed by atoms with Crippen molar-refractivity contribution in [1.82, 2.24) is 25.2 Å². The number of anilines is 1. The van der Waals surface area contributed by atoms with Crippen LogP contribution in [0.4, 0.5) is 5.69 Å². The molecule has 1 saturated heterocycles. The van der Waals surface area contributed by atoms with Crippen LogP contribution in [-0.2, 0) is 36.9 Å². The number of piperidine rings is 1. The summed E-state index contributed by atoms with van der Waals surface area (Å²) in [4.78, 5) is 62.5. The molecule has 13 nitrogen and oxygen atoms in total. The highest BCUT2D eigenvalue weighted by atomic mass is 16.6. The van der Waals surface area contributed by atoms with Crippen LogP contribution in [0.25, 0.3) is 0 Å². The van der Waals surface area contributed by atoms with Gasteiger partial charge >= 0.3 is 5.97 Å². The first-order valence-electron chi connectivity index (χ1n) is 12.3. The third kappa shape index (κ3) is 6.22. The Kier molecular flexibility index (Phi) is 7.86. The molecule has 0 bridgehead atoms. The molecule has 38 heavy (non-hydrogen) atoms. The molecule has 0 saturated carbocycles. The maximum atomic E-state index is 13.2. The predicted octanol–water partition coefficient (Wildman–Crippen LogP) is 1.04. The molecule has 13 heteroatoms. The van der Waals surface area contributed by atoms with E-state index in [9.17, 15) is 24.0 Å². The van der Waals surface area contributed by atoms with Crippen molar-refractivity contribution < 1.29 is 33.4 Å². The summed E-state index contributed by atoms with van der Waals surface area (Å²) < 4.78 is 12.3. The molecule has 1 fully saturated rings. The number of nitrogens with zero attached hydrogens (tertiary/aromatic N) is 4. The van der Waals surface area contributed by atoms with E-state index in [0.717, 1.165) is 4.90 Å². The first-order chi connectivity index (χ1) is 18.0. The number of hydrogen-bond acceptors (Lipinski definition) is 10. The Morgan fingerprint density at radius 2 is 1.95 bits per heavy atom. The summed E-state index contributed by atoms with van der Waals surface area (Å²) in [6.45, 7) is 6.65. The third-order valence-electron chi connectivity index (χ3n) is 5.85. The minimum Gasteiger partial charge on any atom is -0.460 e. The second kappa shape index (κ2) is 11.1. The molecule has 1 unspecified atom stereocenters. The van der Waals surface area contributed by atoms with Gasteiger partial charge in [-0.3, -0.25) is 34.2 Å². The number of hydrogen-bond donors (Lipinski definition) is 2. The highest BCUT2D eigenvalue weighted by Gasteiger charge is 2.45. The molecular formula is C25H30N6O7. The maximum absolute atomic E-state index is 13.2. The average Bonchev–Trinajstić information content (AvgIpc) is 3.39. The quantitative estimate of drug-likeness (QED) is 0.260. The Hall–Kier alpha value is -4.13. The first kappa shape index (κ1) is 26.9. The summed E-state index contributed by atoms with van der Waals surface area (Å²) in [5, 5.41) is 13.5. The number of carbonyl (C=O) groups is 5. The topological polar surface area (TPSA) is 162 Å². The molecule has 2 aliphatic heterocycles. The molecule has 3 heterocycles. The van der Waals surface area contributed by atoms with Crippen molar-refractivity contribution >= 4 is 35.3 Å². The van der Waals surface area contributed by atoms with Gasteiger partial charge in [-0.1, -0.05) is 11.3 Å². The van der Waals surface area contributed by atoms with Gasteiger partial charge < -0.3 is 14.8 Å². The van der Waals surface area contributed by atoms with Crippen molar-refractivity contribution in [2.45, 2.75) is 64.8 Å². The standard InChI is InChI=1S/C25H30N6O7/c1-25(2,3)38-20(33)9-11-37-12-10-30-14-15(28-29-30)13-26-17-6-4-5-16-21(17)24(36)31(23(16)35)18-7-8-19(32)27-22(18)34/h4-6,14,18,26H,7-13H2,1-3H3,(H,27,32,34). The smallest absolute Gasteiger partial charge is 0.308 e. The second-order valence-corrected chi connectivity index (χ2v) is 9.95. The lowest BCUT2D eigenvalue weighted by Gasteiger charge is -2.27. The number of fused-ring (bicyclic) bond motifs is 1. The molecule has 0 radical (unpaired) electrons. The van der Waals surface area contributed by atoms with Crippen LogP contribution >= 0.6 is 0 Å². The third-order valence-corrected chi connectivity index (χ3v) is 5.85. The molecule has 0 spiro atoms. The van der Waals surface area contributed by atoms with Gasteiger partial charge in [0.25, 0.3) is 11.8 Å². The van der Waals surface area contributed by atoms with Gasteiger partial charge in [0.2, 0.25) is 11.8 Å². The normalized spacial score (nSPS) is 17.4. The van der Waals surface area contributed by atoms with E-state index in [1.54, 1.807) is 23.0 Å². The average molecular weight is 527 g/mol. The van der Waals surface area contributed by atoms with Crippen LogP contribution in [0.15, 0.2) is 24.4 Å². The first-order valence-corrected chi connectivity index (χ1v) is 12.3. The fraction of sp³-hybridized carbons (Fsp3) is 0.480. The zero-order valence-electron chi connectivity index (χ0n) is 21.5. The number of ether oxygens (including phenoxy) is 2. The molecule has 1 aromatic heterocycles. The van der Waals surface area contributed by atoms with E-state index in [1.807, 2.05) is 20.8 Å². The summed E-state index contributed by atoms with van der Waals surface area (Å²) in [5.74, 6) is -2.56. The van der Waals surface area contributed by atoms with Gasteiger partial charge in [0.05, 0.1) is 50.0 Å². The Bertz CT molecular complexity index is 1270. The van der Waals surface area contributed by atoms with Gasteiger partial charge in [0, 0.05) is 12.1 Å².